The van der Waals surface area contributed by atoms with Crippen LogP contribution in [-0.4, -0.2) is 143 Å². The van der Waals surface area contributed by atoms with Crippen LogP contribution >= 0.6 is 8.17 Å². The number of phosphoric acid groups is 1. The zero-order chi connectivity index (χ0) is 44.5. The van der Waals surface area contributed by atoms with Crippen molar-refractivity contribution >= 4 is 30.5 Å². The zero-order valence-electron chi connectivity index (χ0n) is 36.5. The van der Waals surface area contributed by atoms with Gasteiger partial charge in [-0.25, -0.2) is 8.98 Å². The average Bonchev–Trinajstić information content (AvgIpc) is 3.46. The number of quaternary nitrogens is 1. The molecule has 2 heterocycles. The number of nitrogens with two attached hydrogens (primary N) is 1. The van der Waals surface area contributed by atoms with E-state index >= 15 is 0 Å². The van der Waals surface area contributed by atoms with Crippen molar-refractivity contribution < 1.29 is 78.9 Å². The fraction of sp³-hybridized carbons (Fsp3) is 0.900. The molecule has 352 valence electrons. The van der Waals surface area contributed by atoms with Crippen molar-refractivity contribution in [3.8, 4) is 0 Å². The highest BCUT2D eigenvalue weighted by Gasteiger charge is 2.52. The number of likely N-dealkylation sites (N-methyl/N-ethyl adjacent to an activating group) is 1. The number of aliphatic hydroxyl groups is 1. The molecule has 0 aromatic heterocycles. The molecule has 2 unspecified atom stereocenters. The summed E-state index contributed by atoms with van der Waals surface area (Å²) in [4.78, 5) is 46.0. The summed E-state index contributed by atoms with van der Waals surface area (Å²) >= 11 is 0. The Bertz CT molecular complexity index is 1340. The molecule has 60 heavy (non-hydrogen) atoms. The first-order chi connectivity index (χ1) is 28.3. The number of carbonyl (C=O) groups is 2. The van der Waals surface area contributed by atoms with Gasteiger partial charge in [-0.2, -0.15) is 22.4 Å². The topological polar surface area (TPSA) is 252 Å². The molecule has 0 aromatic carbocycles. The number of nitrogens with zero attached hydrogens (tertiary/aromatic N) is 1. The number of allylic oxidation sites excluding steroid dienone is 1. The molecule has 5 N–H and O–H groups in total. The third kappa shape index (κ3) is 26.9. The van der Waals surface area contributed by atoms with Crippen molar-refractivity contribution in [1.29, 1.82) is 0 Å². The van der Waals surface area contributed by atoms with Gasteiger partial charge in [-0.15, -0.1) is 0 Å². The average molecular weight is 904 g/mol. The maximum Gasteiger partial charge on any atom is 0.397 e. The number of hydrogen-bond acceptors (Lipinski definition) is 16. The van der Waals surface area contributed by atoms with Crippen molar-refractivity contribution in [1.82, 2.24) is 0 Å². The smallest absolute Gasteiger partial charge is 0.397 e. The van der Waals surface area contributed by atoms with Crippen LogP contribution in [0.1, 0.15) is 129 Å². The molecule has 2 rings (SSSR count). The number of aliphatic hydroxyl groups excluding tert-OH is 1. The van der Waals surface area contributed by atoms with E-state index in [0.29, 0.717) is 36.9 Å². The largest absolute Gasteiger partial charge is 0.606 e. The predicted molar refractivity (Wildman–Crippen MR) is 222 cm³/mol. The summed E-state index contributed by atoms with van der Waals surface area (Å²) < 4.78 is 73.0. The fourth-order valence-electron chi connectivity index (χ4n) is 6.92. The molecular formula is C40H76N2O16PS+. The van der Waals surface area contributed by atoms with Gasteiger partial charge in [0.1, 0.15) is 32.5 Å². The van der Waals surface area contributed by atoms with Crippen LogP contribution in [0.2, 0.25) is 0 Å². The molecule has 0 spiro atoms. The summed E-state index contributed by atoms with van der Waals surface area (Å²) in [6.07, 6.45) is 19.6. The number of rotatable bonds is 36. The maximum atomic E-state index is 12.4. The van der Waals surface area contributed by atoms with Gasteiger partial charge < -0.3 is 43.9 Å². The van der Waals surface area contributed by atoms with Crippen LogP contribution in [0.3, 0.4) is 0 Å². The molecule has 7 atom stereocenters. The Morgan fingerprint density at radius 2 is 1.53 bits per heavy atom. The monoisotopic (exact) mass is 903 g/mol. The molecule has 20 heteroatoms. The van der Waals surface area contributed by atoms with E-state index in [1.54, 1.807) is 6.08 Å². The lowest BCUT2D eigenvalue weighted by Crippen LogP contribution is -2.41. The lowest BCUT2D eigenvalue weighted by Gasteiger charge is -2.33. The van der Waals surface area contributed by atoms with Crippen LogP contribution in [0.5, 0.6) is 0 Å². The second-order valence-corrected chi connectivity index (χ2v) is 19.5. The Balaban J connectivity index is 1.54. The van der Waals surface area contributed by atoms with Gasteiger partial charge in [0.15, 0.2) is 11.9 Å². The van der Waals surface area contributed by atoms with Gasteiger partial charge >= 0.3 is 30.5 Å². The van der Waals surface area contributed by atoms with Crippen molar-refractivity contribution in [2.45, 2.75) is 165 Å². The Hall–Kier alpha value is -1.42. The summed E-state index contributed by atoms with van der Waals surface area (Å²) in [6.45, 7) is 1.23. The highest BCUT2D eigenvalue weighted by molar-refractivity contribution is 7.80. The van der Waals surface area contributed by atoms with E-state index in [1.165, 1.54) is 51.5 Å². The van der Waals surface area contributed by atoms with E-state index < -0.39 is 61.2 Å². The zero-order valence-corrected chi connectivity index (χ0v) is 38.2. The minimum atomic E-state index is -4.48. The first kappa shape index (κ1) is 54.7. The fourth-order valence-corrected chi connectivity index (χ4v) is 8.01. The molecule has 18 nitrogen and oxygen atoms in total. The van der Waals surface area contributed by atoms with Crippen LogP contribution in [-0.2, 0) is 56.9 Å². The first-order valence-corrected chi connectivity index (χ1v) is 24.6. The van der Waals surface area contributed by atoms with Gasteiger partial charge in [0, 0.05) is 32.4 Å². The molecule has 2 fully saturated rings. The highest BCUT2D eigenvalue weighted by atomic mass is 32.3. The van der Waals surface area contributed by atoms with Crippen LogP contribution in [0, 0.1) is 0 Å². The number of hydrogen-bond donors (Lipinski definition) is 4. The van der Waals surface area contributed by atoms with Gasteiger partial charge in [0.05, 0.1) is 52.6 Å². The molecule has 0 aromatic rings. The van der Waals surface area contributed by atoms with Crippen LogP contribution in [0.25, 0.3) is 0 Å². The Labute approximate surface area is 358 Å². The molecular weight excluding hydrogens is 827 g/mol. The van der Waals surface area contributed by atoms with Crippen LogP contribution < -0.4 is 10.6 Å². The molecule has 0 radical (unpaired) electrons. The number of phosphoric ester groups is 1. The third-order valence-corrected chi connectivity index (χ3v) is 11.6. The van der Waals surface area contributed by atoms with Gasteiger partial charge in [0.25, 0.3) is 0 Å². The third-order valence-electron chi connectivity index (χ3n) is 10.2. The van der Waals surface area contributed by atoms with Crippen LogP contribution in [0.4, 0.5) is 0 Å². The Kier molecular flexibility index (Phi) is 26.5. The Morgan fingerprint density at radius 3 is 2.17 bits per heavy atom. The van der Waals surface area contributed by atoms with E-state index in [0.717, 1.165) is 64.2 Å². The van der Waals surface area contributed by atoms with Crippen molar-refractivity contribution in [3.63, 3.8) is 0 Å². The summed E-state index contributed by atoms with van der Waals surface area (Å²) in [6, 6.07) is -0.612. The minimum absolute atomic E-state index is 0.0165. The number of ether oxygens (including phenoxy) is 5. The number of carbonyl (C=O) groups excluding carboxylic acids is 2. The van der Waals surface area contributed by atoms with E-state index in [4.69, 9.17) is 43.0 Å². The molecule has 0 aliphatic carbocycles. The summed E-state index contributed by atoms with van der Waals surface area (Å²) in [7, 11) is -3.17. The second kappa shape index (κ2) is 29.1. The lowest BCUT2D eigenvalue weighted by molar-refractivity contribution is -0.870. The first-order valence-electron chi connectivity index (χ1n) is 21.7. The standard InChI is InChI=1S/C40H75N2O16PS/c1-33(43)52-31-35(32-54-59(46,47)53-28-26-42(2,3)4)56-38(45)22-18-14-12-13-17-21-37-39-36(44)23-25-40(57-37,58-39)24-19-15-10-8-6-5-7-9-11-16-20-27-51-29-34(41)30-55-60(48,49)50/h18,22,34-37,39,44H,5-17,19-21,23-32,41H2,1-4H3,(H-,46,47,48,49,50)/p+1/b22-18+/t34?,35-,36-,37-,39-,40+/m1/s1. The van der Waals surface area contributed by atoms with E-state index in [-0.39, 0.29) is 38.6 Å². The highest BCUT2D eigenvalue weighted by Crippen LogP contribution is 2.47. The summed E-state index contributed by atoms with van der Waals surface area (Å²) in [5, 5.41) is 10.7. The van der Waals surface area contributed by atoms with Gasteiger partial charge in [0.2, 0.25) is 0 Å². The molecule has 2 aliphatic heterocycles. The van der Waals surface area contributed by atoms with Gasteiger partial charge in [-0.1, -0.05) is 76.7 Å². The number of fused-ring (bicyclic) bond motifs is 2. The SMILES string of the molecule is CC(=O)OC[C@H](CO[P+]([O-])(O)OCC[N+](C)(C)C)OC(=O)/C=C/CCCCC[C@H]1O[C@]2(CCCCCCCCCCCCCOCC(N)COS(=O)(=O)O)CC[C@@H](O)[C@H]1O2. The van der Waals surface area contributed by atoms with Gasteiger partial charge in [-0.3, -0.25) is 9.35 Å². The molecule has 2 bridgehead atoms. The molecule has 0 saturated carbocycles. The van der Waals surface area contributed by atoms with Crippen molar-refractivity contribution in [3.05, 3.63) is 12.2 Å². The normalized spacial score (nSPS) is 22.8. The lowest BCUT2D eigenvalue weighted by atomic mass is 9.94. The minimum Gasteiger partial charge on any atom is -0.606 e. The molecule has 0 amide bonds. The number of unbranched alkanes of at least 4 members (excludes halogenated alkanes) is 13. The molecule has 2 aliphatic rings. The van der Waals surface area contributed by atoms with E-state index in [1.807, 2.05) is 21.1 Å². The summed E-state index contributed by atoms with van der Waals surface area (Å²) in [5.74, 6) is -1.90. The van der Waals surface area contributed by atoms with Crippen LogP contribution in [0.15, 0.2) is 12.2 Å². The van der Waals surface area contributed by atoms with Gasteiger partial charge in [-0.05, 0) is 38.5 Å². The summed E-state index contributed by atoms with van der Waals surface area (Å²) in [5.41, 5.74) is 5.69. The van der Waals surface area contributed by atoms with E-state index in [9.17, 15) is 32.9 Å². The van der Waals surface area contributed by atoms with Crippen molar-refractivity contribution in [2.75, 3.05) is 67.3 Å². The molecule has 2 saturated heterocycles. The Morgan fingerprint density at radius 1 is 0.900 bits per heavy atom. The van der Waals surface area contributed by atoms with Crippen molar-refractivity contribution in [2.24, 2.45) is 5.73 Å². The maximum absolute atomic E-state index is 12.4. The van der Waals surface area contributed by atoms with E-state index in [2.05, 4.69) is 4.18 Å². The predicted octanol–water partition coefficient (Wildman–Crippen LogP) is 4.22. The number of esters is 2. The quantitative estimate of drug-likeness (QED) is 0.0172. The second-order valence-electron chi connectivity index (χ2n) is 17.0.